The van der Waals surface area contributed by atoms with Crippen molar-refractivity contribution in [1.29, 1.82) is 0 Å². The fourth-order valence-electron chi connectivity index (χ4n) is 4.65. The van der Waals surface area contributed by atoms with E-state index in [1.807, 2.05) is 35.1 Å². The molecule has 1 unspecified atom stereocenters. The van der Waals surface area contributed by atoms with E-state index in [0.717, 1.165) is 38.5 Å². The molecule has 3 heterocycles. The van der Waals surface area contributed by atoms with Gasteiger partial charge in [-0.15, -0.1) is 0 Å². The Morgan fingerprint density at radius 3 is 2.53 bits per heavy atom. The second kappa shape index (κ2) is 7.00. The molecule has 3 aromatic carbocycles. The van der Waals surface area contributed by atoms with Gasteiger partial charge in [0.05, 0.1) is 23.1 Å². The molecule has 0 amide bonds. The molecule has 1 N–H and O–H groups in total. The molecule has 0 saturated carbocycles. The number of aryl methyl sites for hydroxylation is 3. The number of aromatic nitrogens is 2. The van der Waals surface area contributed by atoms with Gasteiger partial charge < -0.3 is 10.2 Å². The topological polar surface area (TPSA) is 51.4 Å². The molecule has 0 bridgehead atoms. The predicted octanol–water partition coefficient (Wildman–Crippen LogP) is 6.06. The van der Waals surface area contributed by atoms with E-state index in [2.05, 4.69) is 73.7 Å². The number of oxime groups is 1. The third-order valence-corrected chi connectivity index (χ3v) is 7.00. The summed E-state index contributed by atoms with van der Waals surface area (Å²) in [5, 5.41) is 14.0. The summed E-state index contributed by atoms with van der Waals surface area (Å²) in [6.45, 7) is 6.38. The SMILES string of the molecule is Cc1cc(C)c(C2=NOC3(C=C(c4ccccc4)n4ncc5cccc(c54)N3)S2)c(C)c1. The third kappa shape index (κ3) is 2.94. The highest BCUT2D eigenvalue weighted by atomic mass is 32.2. The van der Waals surface area contributed by atoms with Crippen LogP contribution in [0.3, 0.4) is 0 Å². The summed E-state index contributed by atoms with van der Waals surface area (Å²) in [5.41, 5.74) is 8.79. The smallest absolute Gasteiger partial charge is 0.282 e. The maximum Gasteiger partial charge on any atom is 0.282 e. The average Bonchev–Trinajstić information content (AvgIpc) is 3.34. The summed E-state index contributed by atoms with van der Waals surface area (Å²) < 4.78 is 1.99. The Hall–Kier alpha value is -3.51. The van der Waals surface area contributed by atoms with Crippen molar-refractivity contribution in [3.05, 3.63) is 101 Å². The molecule has 0 saturated heterocycles. The van der Waals surface area contributed by atoms with Gasteiger partial charge in [-0.1, -0.05) is 65.3 Å². The summed E-state index contributed by atoms with van der Waals surface area (Å²) in [5.74, 6) is 0. The standard InChI is InChI=1S/C26H22N4OS/c1-16-12-17(2)23(18(3)13-16)25-29-31-26(32-25)14-22(19-8-5-4-6-9-19)30-24-20(15-27-30)10-7-11-21(24)28-26/h4-15,28H,1-3H3. The first-order valence-electron chi connectivity index (χ1n) is 10.6. The van der Waals surface area contributed by atoms with Crippen LogP contribution < -0.4 is 5.32 Å². The van der Waals surface area contributed by atoms with Crippen molar-refractivity contribution in [1.82, 2.24) is 9.78 Å². The van der Waals surface area contributed by atoms with Crippen LogP contribution in [0.15, 0.2) is 78.1 Å². The lowest BCUT2D eigenvalue weighted by Gasteiger charge is -2.24. The molecule has 1 spiro atoms. The van der Waals surface area contributed by atoms with Gasteiger partial charge >= 0.3 is 0 Å². The van der Waals surface area contributed by atoms with Crippen molar-refractivity contribution in [2.45, 2.75) is 25.8 Å². The highest BCUT2D eigenvalue weighted by Crippen LogP contribution is 2.45. The number of rotatable bonds is 2. The minimum absolute atomic E-state index is 0.876. The van der Waals surface area contributed by atoms with Crippen LogP contribution in [0.2, 0.25) is 0 Å². The molecule has 0 radical (unpaired) electrons. The lowest BCUT2D eigenvalue weighted by Crippen LogP contribution is -2.32. The lowest BCUT2D eigenvalue weighted by molar-refractivity contribution is 0.0947. The predicted molar refractivity (Wildman–Crippen MR) is 132 cm³/mol. The Labute approximate surface area is 190 Å². The first kappa shape index (κ1) is 19.2. The fourth-order valence-corrected chi connectivity index (χ4v) is 5.84. The normalized spacial score (nSPS) is 19.3. The summed E-state index contributed by atoms with van der Waals surface area (Å²) >= 11 is 1.59. The number of hydrogen-bond donors (Lipinski definition) is 1. The number of anilines is 1. The zero-order valence-corrected chi connectivity index (χ0v) is 18.9. The van der Waals surface area contributed by atoms with Crippen LogP contribution in [0.5, 0.6) is 0 Å². The van der Waals surface area contributed by atoms with Crippen molar-refractivity contribution >= 4 is 39.1 Å². The van der Waals surface area contributed by atoms with Crippen LogP contribution in [-0.4, -0.2) is 19.9 Å². The second-order valence-corrected chi connectivity index (χ2v) is 9.55. The lowest BCUT2D eigenvalue weighted by atomic mass is 10.0. The number of benzene rings is 3. The molecule has 32 heavy (non-hydrogen) atoms. The molecule has 2 aliphatic heterocycles. The molecule has 4 aromatic rings. The van der Waals surface area contributed by atoms with E-state index in [0.29, 0.717) is 0 Å². The maximum atomic E-state index is 6.17. The van der Waals surface area contributed by atoms with E-state index in [9.17, 15) is 0 Å². The van der Waals surface area contributed by atoms with Crippen molar-refractivity contribution in [3.8, 4) is 0 Å². The van der Waals surface area contributed by atoms with Crippen molar-refractivity contribution < 1.29 is 4.84 Å². The number of para-hydroxylation sites is 1. The fraction of sp³-hybridized carbons (Fsp3) is 0.154. The van der Waals surface area contributed by atoms with Gasteiger partial charge in [-0.25, -0.2) is 4.68 Å². The van der Waals surface area contributed by atoms with Gasteiger partial charge in [-0.3, -0.25) is 0 Å². The van der Waals surface area contributed by atoms with Crippen LogP contribution >= 0.6 is 11.8 Å². The second-order valence-electron chi connectivity index (χ2n) is 8.35. The Morgan fingerprint density at radius 2 is 1.75 bits per heavy atom. The largest absolute Gasteiger partial charge is 0.350 e. The van der Waals surface area contributed by atoms with E-state index in [4.69, 9.17) is 9.94 Å². The van der Waals surface area contributed by atoms with E-state index < -0.39 is 5.06 Å². The minimum atomic E-state index is -0.876. The van der Waals surface area contributed by atoms with Gasteiger partial charge in [-0.05, 0) is 49.7 Å². The van der Waals surface area contributed by atoms with Crippen LogP contribution in [0.1, 0.15) is 27.8 Å². The highest BCUT2D eigenvalue weighted by molar-refractivity contribution is 8.15. The molecule has 6 heteroatoms. The highest BCUT2D eigenvalue weighted by Gasteiger charge is 2.42. The van der Waals surface area contributed by atoms with Gasteiger partial charge in [0, 0.05) is 22.6 Å². The van der Waals surface area contributed by atoms with E-state index in [1.165, 1.54) is 16.7 Å². The van der Waals surface area contributed by atoms with Crippen molar-refractivity contribution in [3.63, 3.8) is 0 Å². The Morgan fingerprint density at radius 1 is 0.969 bits per heavy atom. The quantitative estimate of drug-likeness (QED) is 0.414. The molecule has 0 aliphatic carbocycles. The van der Waals surface area contributed by atoms with Crippen molar-refractivity contribution in [2.24, 2.45) is 5.16 Å². The average molecular weight is 439 g/mol. The molecule has 5 nitrogen and oxygen atoms in total. The zero-order valence-electron chi connectivity index (χ0n) is 18.1. The summed E-state index contributed by atoms with van der Waals surface area (Å²) in [7, 11) is 0. The molecule has 1 atom stereocenters. The van der Waals surface area contributed by atoms with Gasteiger partial charge in [0.15, 0.2) is 0 Å². The molecule has 1 aromatic heterocycles. The Balaban J connectivity index is 1.51. The molecular weight excluding hydrogens is 416 g/mol. The van der Waals surface area contributed by atoms with E-state index in [-0.39, 0.29) is 0 Å². The molecule has 6 rings (SSSR count). The third-order valence-electron chi connectivity index (χ3n) is 5.93. The van der Waals surface area contributed by atoms with Crippen molar-refractivity contribution in [2.75, 3.05) is 5.32 Å². The Bertz CT molecular complexity index is 1410. The number of nitrogens with zero attached hydrogens (tertiary/aromatic N) is 3. The first-order chi connectivity index (χ1) is 15.5. The van der Waals surface area contributed by atoms with Crippen LogP contribution in [0.25, 0.3) is 16.6 Å². The molecule has 158 valence electrons. The summed E-state index contributed by atoms with van der Waals surface area (Å²) in [6, 6.07) is 20.8. The number of thioether (sulfide) groups is 1. The molecule has 2 aliphatic rings. The monoisotopic (exact) mass is 438 g/mol. The molecule has 0 fully saturated rings. The number of nitrogens with one attached hydrogen (secondary N) is 1. The minimum Gasteiger partial charge on any atom is -0.350 e. The van der Waals surface area contributed by atoms with Gasteiger partial charge in [0.1, 0.15) is 5.04 Å². The van der Waals surface area contributed by atoms with E-state index >= 15 is 0 Å². The first-order valence-corrected chi connectivity index (χ1v) is 11.4. The van der Waals surface area contributed by atoms with Gasteiger partial charge in [0.2, 0.25) is 0 Å². The van der Waals surface area contributed by atoms with Crippen LogP contribution in [0, 0.1) is 20.8 Å². The van der Waals surface area contributed by atoms with E-state index in [1.54, 1.807) is 11.8 Å². The van der Waals surface area contributed by atoms with Gasteiger partial charge in [-0.2, -0.15) is 5.10 Å². The Kier molecular flexibility index (Phi) is 4.20. The zero-order chi connectivity index (χ0) is 21.9. The molecular formula is C26H22N4OS. The summed E-state index contributed by atoms with van der Waals surface area (Å²) in [4.78, 5) is 6.17. The van der Waals surface area contributed by atoms with Crippen LogP contribution in [0.4, 0.5) is 5.69 Å². The number of hydrogen-bond acceptors (Lipinski definition) is 5. The van der Waals surface area contributed by atoms with Crippen LogP contribution in [-0.2, 0) is 4.84 Å². The maximum absolute atomic E-state index is 6.17. The summed E-state index contributed by atoms with van der Waals surface area (Å²) in [6.07, 6.45) is 3.99. The van der Waals surface area contributed by atoms with Gasteiger partial charge in [0.25, 0.3) is 5.06 Å².